The summed E-state index contributed by atoms with van der Waals surface area (Å²) >= 11 is 1.54. The molecular weight excluding hydrogens is 316 g/mol. The number of hydrogen-bond donors (Lipinski definition) is 0. The van der Waals surface area contributed by atoms with Crippen molar-refractivity contribution in [2.75, 3.05) is 7.05 Å². The van der Waals surface area contributed by atoms with E-state index < -0.39 is 0 Å². The molecular formula is C20H20N2OS. The van der Waals surface area contributed by atoms with E-state index in [1.807, 2.05) is 30.6 Å². The first-order valence-corrected chi connectivity index (χ1v) is 8.79. The predicted octanol–water partition coefficient (Wildman–Crippen LogP) is 4.31. The van der Waals surface area contributed by atoms with Crippen LogP contribution in [-0.2, 0) is 13.0 Å². The van der Waals surface area contributed by atoms with Gasteiger partial charge in [0.25, 0.3) is 5.91 Å². The highest BCUT2D eigenvalue weighted by Crippen LogP contribution is 2.16. The first-order chi connectivity index (χ1) is 11.6. The van der Waals surface area contributed by atoms with E-state index in [1.54, 1.807) is 4.90 Å². The Morgan fingerprint density at radius 1 is 1.04 bits per heavy atom. The number of carbonyl (C=O) groups excluding carboxylic acids is 1. The fourth-order valence-electron chi connectivity index (χ4n) is 2.50. The van der Waals surface area contributed by atoms with Gasteiger partial charge in [0, 0.05) is 25.4 Å². The summed E-state index contributed by atoms with van der Waals surface area (Å²) in [6, 6.07) is 18.4. The number of aryl methyl sites for hydroxylation is 1. The zero-order valence-electron chi connectivity index (χ0n) is 13.9. The van der Waals surface area contributed by atoms with Crippen molar-refractivity contribution in [1.29, 1.82) is 0 Å². The van der Waals surface area contributed by atoms with Crippen molar-refractivity contribution in [2.24, 2.45) is 0 Å². The highest BCUT2D eigenvalue weighted by Gasteiger charge is 2.16. The molecule has 1 heterocycles. The number of nitrogens with zero attached hydrogens (tertiary/aromatic N) is 2. The second-order valence-electron chi connectivity index (χ2n) is 5.94. The molecule has 4 heteroatoms. The van der Waals surface area contributed by atoms with Crippen LogP contribution in [-0.4, -0.2) is 22.8 Å². The molecule has 0 saturated heterocycles. The van der Waals surface area contributed by atoms with Crippen molar-refractivity contribution in [3.8, 4) is 0 Å². The first kappa shape index (κ1) is 16.4. The molecule has 0 spiro atoms. The lowest BCUT2D eigenvalue weighted by Crippen LogP contribution is -2.26. The molecule has 0 saturated carbocycles. The molecule has 3 nitrogen and oxygen atoms in total. The van der Waals surface area contributed by atoms with Crippen molar-refractivity contribution in [3.05, 3.63) is 87.4 Å². The van der Waals surface area contributed by atoms with Crippen LogP contribution in [0.15, 0.2) is 60.0 Å². The summed E-state index contributed by atoms with van der Waals surface area (Å²) in [4.78, 5) is 18.8. The number of thiazole rings is 1. The van der Waals surface area contributed by atoms with Gasteiger partial charge in [0.05, 0.1) is 5.01 Å². The minimum Gasteiger partial charge on any atom is -0.336 e. The molecule has 2 aromatic carbocycles. The van der Waals surface area contributed by atoms with E-state index in [0.717, 1.165) is 17.0 Å². The number of aromatic nitrogens is 1. The average Bonchev–Trinajstić information content (AvgIpc) is 3.05. The quantitative estimate of drug-likeness (QED) is 0.695. The molecule has 0 fully saturated rings. The molecule has 0 atom stereocenters. The summed E-state index contributed by atoms with van der Waals surface area (Å²) in [6.45, 7) is 2.65. The maximum absolute atomic E-state index is 12.6. The molecule has 0 N–H and O–H groups in total. The van der Waals surface area contributed by atoms with E-state index in [-0.39, 0.29) is 5.91 Å². The fourth-order valence-corrected chi connectivity index (χ4v) is 3.30. The minimum atomic E-state index is -0.0360. The van der Waals surface area contributed by atoms with E-state index in [0.29, 0.717) is 12.2 Å². The smallest absolute Gasteiger partial charge is 0.273 e. The van der Waals surface area contributed by atoms with E-state index >= 15 is 0 Å². The van der Waals surface area contributed by atoms with Gasteiger partial charge < -0.3 is 4.90 Å². The third kappa shape index (κ3) is 4.09. The molecule has 0 aliphatic rings. The summed E-state index contributed by atoms with van der Waals surface area (Å²) in [5.41, 5.74) is 4.08. The molecule has 24 heavy (non-hydrogen) atoms. The third-order valence-corrected chi connectivity index (χ3v) is 4.70. The Hall–Kier alpha value is -2.46. The molecule has 0 radical (unpaired) electrons. The topological polar surface area (TPSA) is 33.2 Å². The van der Waals surface area contributed by atoms with Crippen molar-refractivity contribution in [2.45, 2.75) is 19.9 Å². The molecule has 0 unspecified atom stereocenters. The summed E-state index contributed by atoms with van der Waals surface area (Å²) in [5, 5.41) is 2.82. The standard InChI is InChI=1S/C20H20N2OS/c1-15-8-10-17(11-9-15)13-22(2)20(23)18-14-24-19(21-18)12-16-6-4-3-5-7-16/h3-11,14H,12-13H2,1-2H3. The van der Waals surface area contributed by atoms with Crippen molar-refractivity contribution < 1.29 is 4.79 Å². The van der Waals surface area contributed by atoms with Gasteiger partial charge in [-0.1, -0.05) is 60.2 Å². The van der Waals surface area contributed by atoms with Crippen LogP contribution in [0.3, 0.4) is 0 Å². The van der Waals surface area contributed by atoms with Crippen LogP contribution in [0.25, 0.3) is 0 Å². The molecule has 0 bridgehead atoms. The van der Waals surface area contributed by atoms with Crippen LogP contribution >= 0.6 is 11.3 Å². The maximum Gasteiger partial charge on any atom is 0.273 e. The van der Waals surface area contributed by atoms with E-state index in [9.17, 15) is 4.79 Å². The van der Waals surface area contributed by atoms with Gasteiger partial charge in [-0.2, -0.15) is 0 Å². The minimum absolute atomic E-state index is 0.0360. The zero-order valence-corrected chi connectivity index (χ0v) is 14.7. The lowest BCUT2D eigenvalue weighted by molar-refractivity contribution is 0.0780. The Bertz CT molecular complexity index is 809. The lowest BCUT2D eigenvalue weighted by Gasteiger charge is -2.16. The van der Waals surface area contributed by atoms with Gasteiger partial charge in [-0.3, -0.25) is 4.79 Å². The van der Waals surface area contributed by atoms with Crippen LogP contribution < -0.4 is 0 Å². The Balaban J connectivity index is 1.65. The summed E-state index contributed by atoms with van der Waals surface area (Å²) in [6.07, 6.45) is 0.764. The number of carbonyl (C=O) groups is 1. The SMILES string of the molecule is Cc1ccc(CN(C)C(=O)c2csc(Cc3ccccc3)n2)cc1. The second kappa shape index (κ2) is 7.41. The van der Waals surface area contributed by atoms with E-state index in [1.165, 1.54) is 22.5 Å². The van der Waals surface area contributed by atoms with Gasteiger partial charge in [-0.05, 0) is 18.1 Å². The summed E-state index contributed by atoms with van der Waals surface area (Å²) < 4.78 is 0. The van der Waals surface area contributed by atoms with Gasteiger partial charge in [0.15, 0.2) is 0 Å². The Labute approximate surface area is 146 Å². The van der Waals surface area contributed by atoms with E-state index in [4.69, 9.17) is 0 Å². The van der Waals surface area contributed by atoms with Crippen LogP contribution in [0.2, 0.25) is 0 Å². The lowest BCUT2D eigenvalue weighted by atomic mass is 10.1. The van der Waals surface area contributed by atoms with Gasteiger partial charge in [-0.15, -0.1) is 11.3 Å². The van der Waals surface area contributed by atoms with Gasteiger partial charge in [-0.25, -0.2) is 4.98 Å². The van der Waals surface area contributed by atoms with Crippen molar-refractivity contribution in [3.63, 3.8) is 0 Å². The number of amides is 1. The highest BCUT2D eigenvalue weighted by atomic mass is 32.1. The molecule has 3 rings (SSSR count). The van der Waals surface area contributed by atoms with Crippen LogP contribution in [0.5, 0.6) is 0 Å². The maximum atomic E-state index is 12.6. The number of hydrogen-bond acceptors (Lipinski definition) is 3. The van der Waals surface area contributed by atoms with Crippen LogP contribution in [0.4, 0.5) is 0 Å². The summed E-state index contributed by atoms with van der Waals surface area (Å²) in [5.74, 6) is -0.0360. The molecule has 122 valence electrons. The fraction of sp³-hybridized carbons (Fsp3) is 0.200. The first-order valence-electron chi connectivity index (χ1n) is 7.91. The molecule has 0 aliphatic heterocycles. The largest absolute Gasteiger partial charge is 0.336 e. The normalized spacial score (nSPS) is 10.6. The van der Waals surface area contributed by atoms with E-state index in [2.05, 4.69) is 48.3 Å². The Kier molecular flexibility index (Phi) is 5.06. The number of rotatable bonds is 5. The van der Waals surface area contributed by atoms with Crippen LogP contribution in [0.1, 0.15) is 32.2 Å². The van der Waals surface area contributed by atoms with Crippen molar-refractivity contribution >= 4 is 17.2 Å². The second-order valence-corrected chi connectivity index (χ2v) is 6.88. The van der Waals surface area contributed by atoms with Crippen molar-refractivity contribution in [1.82, 2.24) is 9.88 Å². The molecule has 1 amide bonds. The van der Waals surface area contributed by atoms with Gasteiger partial charge in [0.1, 0.15) is 5.69 Å². The third-order valence-electron chi connectivity index (χ3n) is 3.86. The average molecular weight is 336 g/mol. The zero-order chi connectivity index (χ0) is 16.9. The highest BCUT2D eigenvalue weighted by molar-refractivity contribution is 7.09. The Morgan fingerprint density at radius 3 is 2.46 bits per heavy atom. The molecule has 1 aromatic heterocycles. The van der Waals surface area contributed by atoms with Gasteiger partial charge >= 0.3 is 0 Å². The number of benzene rings is 2. The summed E-state index contributed by atoms with van der Waals surface area (Å²) in [7, 11) is 1.82. The predicted molar refractivity (Wildman–Crippen MR) is 98.3 cm³/mol. The molecule has 3 aromatic rings. The van der Waals surface area contributed by atoms with Gasteiger partial charge in [0.2, 0.25) is 0 Å². The Morgan fingerprint density at radius 2 is 1.75 bits per heavy atom. The van der Waals surface area contributed by atoms with Crippen LogP contribution in [0, 0.1) is 6.92 Å². The monoisotopic (exact) mass is 336 g/mol. The molecule has 0 aliphatic carbocycles.